The highest BCUT2D eigenvalue weighted by atomic mass is 16.7. The van der Waals surface area contributed by atoms with Gasteiger partial charge in [-0.15, -0.1) is 0 Å². The number of ether oxygens (including phenoxy) is 1. The van der Waals surface area contributed by atoms with Crippen molar-refractivity contribution >= 4 is 11.8 Å². The van der Waals surface area contributed by atoms with Crippen molar-refractivity contribution < 1.29 is 19.2 Å². The minimum atomic E-state index is -1.02. The SMILES string of the molecule is CCOC1CC(N)(C(=O)N[C@@H]2CONC2=O)C1(C)C. The van der Waals surface area contributed by atoms with E-state index in [0.29, 0.717) is 13.0 Å². The van der Waals surface area contributed by atoms with E-state index in [2.05, 4.69) is 10.8 Å². The maximum atomic E-state index is 12.3. The standard InChI is InChI=1S/C12H21N3O4/c1-4-18-8-5-12(13,11(8,2)3)10(17)14-7-6-19-15-9(7)16/h7-8H,4-6,13H2,1-3H3,(H,14,17)(H,15,16)/t7-,8?,12?/m1/s1. The van der Waals surface area contributed by atoms with Crippen molar-refractivity contribution in [1.82, 2.24) is 10.8 Å². The third-order valence-electron chi connectivity index (χ3n) is 4.28. The van der Waals surface area contributed by atoms with Gasteiger partial charge in [0.2, 0.25) is 5.91 Å². The van der Waals surface area contributed by atoms with Crippen molar-refractivity contribution in [2.75, 3.05) is 13.2 Å². The Bertz CT molecular complexity index is 398. The van der Waals surface area contributed by atoms with Crippen molar-refractivity contribution in [3.05, 3.63) is 0 Å². The number of hydrogen-bond donors (Lipinski definition) is 3. The van der Waals surface area contributed by atoms with Gasteiger partial charge in [-0.2, -0.15) is 0 Å². The first-order chi connectivity index (χ1) is 8.83. The number of hydrogen-bond acceptors (Lipinski definition) is 5. The Morgan fingerprint density at radius 1 is 1.63 bits per heavy atom. The smallest absolute Gasteiger partial charge is 0.268 e. The zero-order valence-electron chi connectivity index (χ0n) is 11.5. The molecule has 1 saturated carbocycles. The van der Waals surface area contributed by atoms with Gasteiger partial charge in [0.25, 0.3) is 5.91 Å². The second-order valence-electron chi connectivity index (χ2n) is 5.64. The lowest BCUT2D eigenvalue weighted by atomic mass is 9.54. The van der Waals surface area contributed by atoms with Crippen LogP contribution in [0, 0.1) is 5.41 Å². The van der Waals surface area contributed by atoms with Crippen LogP contribution >= 0.6 is 0 Å². The van der Waals surface area contributed by atoms with Gasteiger partial charge in [-0.25, -0.2) is 5.48 Å². The number of nitrogens with one attached hydrogen (secondary N) is 2. The third-order valence-corrected chi connectivity index (χ3v) is 4.28. The maximum Gasteiger partial charge on any atom is 0.268 e. The first kappa shape index (κ1) is 14.2. The molecule has 108 valence electrons. The summed E-state index contributed by atoms with van der Waals surface area (Å²) in [5.41, 5.74) is 6.91. The average Bonchev–Trinajstić information content (AvgIpc) is 2.74. The summed E-state index contributed by atoms with van der Waals surface area (Å²) in [6, 6.07) is -0.671. The molecule has 1 aliphatic heterocycles. The Hall–Kier alpha value is -1.18. The summed E-state index contributed by atoms with van der Waals surface area (Å²) in [6.45, 7) is 6.43. The van der Waals surface area contributed by atoms with Crippen LogP contribution in [-0.4, -0.2) is 42.7 Å². The van der Waals surface area contributed by atoms with E-state index in [-0.39, 0.29) is 24.5 Å². The van der Waals surface area contributed by atoms with E-state index in [0.717, 1.165) is 0 Å². The second-order valence-corrected chi connectivity index (χ2v) is 5.64. The highest BCUT2D eigenvalue weighted by Crippen LogP contribution is 2.49. The molecule has 2 fully saturated rings. The summed E-state index contributed by atoms with van der Waals surface area (Å²) >= 11 is 0. The normalized spacial score (nSPS) is 36.5. The Morgan fingerprint density at radius 3 is 2.79 bits per heavy atom. The van der Waals surface area contributed by atoms with Crippen LogP contribution in [-0.2, 0) is 19.2 Å². The van der Waals surface area contributed by atoms with Gasteiger partial charge >= 0.3 is 0 Å². The van der Waals surface area contributed by atoms with E-state index >= 15 is 0 Å². The summed E-state index contributed by atoms with van der Waals surface area (Å²) in [4.78, 5) is 28.4. The minimum Gasteiger partial charge on any atom is -0.378 e. The highest BCUT2D eigenvalue weighted by molar-refractivity contribution is 5.93. The van der Waals surface area contributed by atoms with E-state index in [1.165, 1.54) is 0 Å². The fraction of sp³-hybridized carbons (Fsp3) is 0.833. The first-order valence-electron chi connectivity index (χ1n) is 6.46. The van der Waals surface area contributed by atoms with Gasteiger partial charge in [-0.05, 0) is 6.92 Å². The molecule has 7 nitrogen and oxygen atoms in total. The van der Waals surface area contributed by atoms with Gasteiger partial charge in [0.05, 0.1) is 6.10 Å². The third kappa shape index (κ3) is 2.11. The maximum absolute atomic E-state index is 12.3. The van der Waals surface area contributed by atoms with E-state index in [9.17, 15) is 9.59 Å². The van der Waals surface area contributed by atoms with Gasteiger partial charge in [0, 0.05) is 18.4 Å². The van der Waals surface area contributed by atoms with Gasteiger partial charge in [-0.3, -0.25) is 14.4 Å². The van der Waals surface area contributed by atoms with Crippen LogP contribution in [0.1, 0.15) is 27.2 Å². The van der Waals surface area contributed by atoms with Crippen LogP contribution < -0.4 is 16.5 Å². The Balaban J connectivity index is 2.01. The van der Waals surface area contributed by atoms with E-state index < -0.39 is 17.0 Å². The van der Waals surface area contributed by atoms with Crippen molar-refractivity contribution in [2.45, 2.75) is 44.9 Å². The zero-order valence-corrected chi connectivity index (χ0v) is 11.5. The molecule has 19 heavy (non-hydrogen) atoms. The lowest BCUT2D eigenvalue weighted by molar-refractivity contribution is -0.171. The predicted molar refractivity (Wildman–Crippen MR) is 66.8 cm³/mol. The molecule has 3 atom stereocenters. The molecule has 2 rings (SSSR count). The van der Waals surface area contributed by atoms with Gasteiger partial charge < -0.3 is 15.8 Å². The van der Waals surface area contributed by atoms with Crippen molar-refractivity contribution in [1.29, 1.82) is 0 Å². The summed E-state index contributed by atoms with van der Waals surface area (Å²) in [6.07, 6.45) is 0.413. The van der Waals surface area contributed by atoms with Crippen LogP contribution in [0.4, 0.5) is 0 Å². The second kappa shape index (κ2) is 4.73. The lowest BCUT2D eigenvalue weighted by Gasteiger charge is -2.57. The topological polar surface area (TPSA) is 103 Å². The molecule has 1 heterocycles. The molecule has 0 aromatic heterocycles. The van der Waals surface area contributed by atoms with Crippen LogP contribution in [0.15, 0.2) is 0 Å². The molecule has 0 aromatic carbocycles. The number of rotatable bonds is 4. The van der Waals surface area contributed by atoms with E-state index in [4.69, 9.17) is 15.3 Å². The number of amides is 2. The lowest BCUT2D eigenvalue weighted by Crippen LogP contribution is -2.76. The number of carbonyl (C=O) groups is 2. The number of nitrogens with two attached hydrogens (primary N) is 1. The molecule has 0 spiro atoms. The fourth-order valence-electron chi connectivity index (χ4n) is 2.56. The molecular formula is C12H21N3O4. The van der Waals surface area contributed by atoms with Crippen LogP contribution in [0.5, 0.6) is 0 Å². The molecule has 1 aliphatic carbocycles. The molecule has 4 N–H and O–H groups in total. The van der Waals surface area contributed by atoms with E-state index in [1.807, 2.05) is 20.8 Å². The Morgan fingerprint density at radius 2 is 2.32 bits per heavy atom. The first-order valence-corrected chi connectivity index (χ1v) is 6.46. The largest absolute Gasteiger partial charge is 0.378 e. The summed E-state index contributed by atoms with van der Waals surface area (Å²) < 4.78 is 5.57. The molecule has 2 unspecified atom stereocenters. The minimum absolute atomic E-state index is 0.0399. The molecule has 0 radical (unpaired) electrons. The van der Waals surface area contributed by atoms with Crippen molar-refractivity contribution in [2.24, 2.45) is 11.1 Å². The van der Waals surface area contributed by atoms with Gasteiger partial charge in [0.15, 0.2) is 0 Å². The molecule has 2 aliphatic rings. The van der Waals surface area contributed by atoms with Crippen LogP contribution in [0.3, 0.4) is 0 Å². The molecular weight excluding hydrogens is 250 g/mol. The predicted octanol–water partition coefficient (Wildman–Crippen LogP) is -0.935. The van der Waals surface area contributed by atoms with Gasteiger partial charge in [-0.1, -0.05) is 13.8 Å². The quantitative estimate of drug-likeness (QED) is 0.613. The number of carbonyl (C=O) groups excluding carboxylic acids is 2. The highest BCUT2D eigenvalue weighted by Gasteiger charge is 2.63. The van der Waals surface area contributed by atoms with Crippen molar-refractivity contribution in [3.8, 4) is 0 Å². The van der Waals surface area contributed by atoms with E-state index in [1.54, 1.807) is 0 Å². The summed E-state index contributed by atoms with van der Waals surface area (Å²) in [5, 5.41) is 2.63. The van der Waals surface area contributed by atoms with Crippen LogP contribution in [0.25, 0.3) is 0 Å². The monoisotopic (exact) mass is 271 g/mol. The molecule has 0 bridgehead atoms. The Labute approximate surface area is 112 Å². The van der Waals surface area contributed by atoms with Gasteiger partial charge in [0.1, 0.15) is 18.2 Å². The van der Waals surface area contributed by atoms with Crippen LogP contribution in [0.2, 0.25) is 0 Å². The molecule has 2 amide bonds. The van der Waals surface area contributed by atoms with Crippen molar-refractivity contribution in [3.63, 3.8) is 0 Å². The number of hydroxylamine groups is 1. The fourth-order valence-corrected chi connectivity index (χ4v) is 2.56. The molecule has 1 saturated heterocycles. The molecule has 7 heteroatoms. The summed E-state index contributed by atoms with van der Waals surface area (Å²) in [5.74, 6) is -0.686. The summed E-state index contributed by atoms with van der Waals surface area (Å²) in [7, 11) is 0. The Kier molecular flexibility index (Phi) is 3.55. The zero-order chi connectivity index (χ0) is 14.3. The molecule has 0 aromatic rings. The average molecular weight is 271 g/mol.